The molecule has 8 heteroatoms. The van der Waals surface area contributed by atoms with Crippen LogP contribution in [-0.2, 0) is 26.0 Å². The highest BCUT2D eigenvalue weighted by Gasteiger charge is 2.25. The average molecular weight is 470 g/mol. The number of aryl methyl sites for hydroxylation is 3. The van der Waals surface area contributed by atoms with E-state index in [0.29, 0.717) is 29.7 Å². The van der Waals surface area contributed by atoms with Crippen LogP contribution in [0.15, 0.2) is 47.5 Å². The number of hydrogen-bond donors (Lipinski definition) is 1. The maximum absolute atomic E-state index is 13.2. The minimum Gasteiger partial charge on any atom is -0.342 e. The average Bonchev–Trinajstić information content (AvgIpc) is 3.11. The number of sulfone groups is 1. The number of fused-ring (bicyclic) bond motifs is 1. The Morgan fingerprint density at radius 1 is 1.00 bits per heavy atom. The van der Waals surface area contributed by atoms with Crippen molar-refractivity contribution in [3.8, 4) is 0 Å². The molecule has 0 aliphatic carbocycles. The van der Waals surface area contributed by atoms with Gasteiger partial charge in [0.1, 0.15) is 12.3 Å². The van der Waals surface area contributed by atoms with Crippen LogP contribution in [0.1, 0.15) is 30.5 Å². The number of anilines is 1. The highest BCUT2D eigenvalue weighted by Crippen LogP contribution is 2.27. The first-order chi connectivity index (χ1) is 15.6. The number of rotatable bonds is 8. The van der Waals surface area contributed by atoms with Crippen molar-refractivity contribution < 1.29 is 18.0 Å². The molecule has 176 valence electrons. The van der Waals surface area contributed by atoms with Gasteiger partial charge in [0.2, 0.25) is 11.8 Å². The number of aromatic nitrogens is 1. The van der Waals surface area contributed by atoms with Gasteiger partial charge in [-0.05, 0) is 51.8 Å². The number of carbonyl (C=O) groups is 2. The molecular formula is C25H31N3O4S. The second kappa shape index (κ2) is 9.79. The summed E-state index contributed by atoms with van der Waals surface area (Å²) in [4.78, 5) is 27.1. The standard InChI is InChI=1S/C25H31N3O4S/c1-6-27(7-2)24(30)15-28-14-22(20-10-8-9-11-21(20)28)33(31,32)16-23(29)26-25-18(4)12-17(3)13-19(25)5/h8-14H,6-7,15-16H2,1-5H3,(H,26,29). The van der Waals surface area contributed by atoms with Crippen molar-refractivity contribution >= 4 is 38.2 Å². The van der Waals surface area contributed by atoms with Crippen LogP contribution in [0.3, 0.4) is 0 Å². The third-order valence-electron chi connectivity index (χ3n) is 5.77. The molecule has 1 aromatic heterocycles. The summed E-state index contributed by atoms with van der Waals surface area (Å²) in [6, 6.07) is 10.9. The number of carbonyl (C=O) groups excluding carboxylic acids is 2. The van der Waals surface area contributed by atoms with Crippen molar-refractivity contribution in [3.63, 3.8) is 0 Å². The van der Waals surface area contributed by atoms with Gasteiger partial charge in [0.25, 0.3) is 0 Å². The van der Waals surface area contributed by atoms with Crippen molar-refractivity contribution in [3.05, 3.63) is 59.3 Å². The Hall–Kier alpha value is -3.13. The number of amides is 2. The van der Waals surface area contributed by atoms with E-state index >= 15 is 0 Å². The number of benzene rings is 2. The van der Waals surface area contributed by atoms with Crippen molar-refractivity contribution in [2.75, 3.05) is 24.2 Å². The summed E-state index contributed by atoms with van der Waals surface area (Å²) < 4.78 is 28.1. The first-order valence-corrected chi connectivity index (χ1v) is 12.7. The van der Waals surface area contributed by atoms with Gasteiger partial charge in [0.05, 0.1) is 4.90 Å². The normalized spacial score (nSPS) is 11.5. The van der Waals surface area contributed by atoms with E-state index in [9.17, 15) is 18.0 Å². The van der Waals surface area contributed by atoms with Gasteiger partial charge in [0, 0.05) is 35.9 Å². The fourth-order valence-corrected chi connectivity index (χ4v) is 5.59. The quantitative estimate of drug-likeness (QED) is 0.543. The summed E-state index contributed by atoms with van der Waals surface area (Å²) in [5.74, 6) is -1.37. The maximum atomic E-state index is 13.2. The van der Waals surface area contributed by atoms with E-state index in [0.717, 1.165) is 16.7 Å². The fourth-order valence-electron chi connectivity index (χ4n) is 4.22. The van der Waals surface area contributed by atoms with Gasteiger partial charge in [-0.2, -0.15) is 0 Å². The molecule has 0 radical (unpaired) electrons. The van der Waals surface area contributed by atoms with E-state index in [1.807, 2.05) is 46.8 Å². The predicted octanol–water partition coefficient (Wildman–Crippen LogP) is 3.85. The molecule has 1 heterocycles. The smallest absolute Gasteiger partial charge is 0.242 e. The molecule has 1 N–H and O–H groups in total. The molecule has 0 aliphatic rings. The molecule has 0 fully saturated rings. The lowest BCUT2D eigenvalue weighted by Crippen LogP contribution is -2.33. The van der Waals surface area contributed by atoms with Crippen molar-refractivity contribution in [2.45, 2.75) is 46.1 Å². The summed E-state index contributed by atoms with van der Waals surface area (Å²) in [6.07, 6.45) is 1.47. The predicted molar refractivity (Wildman–Crippen MR) is 131 cm³/mol. The molecule has 0 saturated heterocycles. The van der Waals surface area contributed by atoms with Crippen LogP contribution in [0, 0.1) is 20.8 Å². The zero-order valence-corrected chi connectivity index (χ0v) is 20.6. The largest absolute Gasteiger partial charge is 0.342 e. The lowest BCUT2D eigenvalue weighted by atomic mass is 10.1. The fraction of sp³-hybridized carbons (Fsp3) is 0.360. The molecule has 33 heavy (non-hydrogen) atoms. The zero-order chi connectivity index (χ0) is 24.3. The third kappa shape index (κ3) is 5.27. The van der Waals surface area contributed by atoms with Crippen LogP contribution in [-0.4, -0.2) is 48.5 Å². The van der Waals surface area contributed by atoms with Gasteiger partial charge in [-0.25, -0.2) is 8.42 Å². The summed E-state index contributed by atoms with van der Waals surface area (Å²) in [5.41, 5.74) is 4.10. The van der Waals surface area contributed by atoms with Crippen LogP contribution in [0.2, 0.25) is 0 Å². The second-order valence-corrected chi connectivity index (χ2v) is 10.2. The van der Waals surface area contributed by atoms with Crippen LogP contribution >= 0.6 is 0 Å². The van der Waals surface area contributed by atoms with Crippen LogP contribution in [0.25, 0.3) is 10.9 Å². The molecule has 2 amide bonds. The Kier molecular flexibility index (Phi) is 7.27. The van der Waals surface area contributed by atoms with E-state index in [-0.39, 0.29) is 17.3 Å². The lowest BCUT2D eigenvalue weighted by Gasteiger charge is -2.19. The van der Waals surface area contributed by atoms with E-state index in [2.05, 4.69) is 5.32 Å². The Morgan fingerprint density at radius 2 is 1.61 bits per heavy atom. The molecule has 7 nitrogen and oxygen atoms in total. The summed E-state index contributed by atoms with van der Waals surface area (Å²) in [7, 11) is -3.94. The van der Waals surface area contributed by atoms with Gasteiger partial charge in [0.15, 0.2) is 9.84 Å². The monoisotopic (exact) mass is 469 g/mol. The molecular weight excluding hydrogens is 438 g/mol. The van der Waals surface area contributed by atoms with Gasteiger partial charge < -0.3 is 14.8 Å². The number of nitrogens with zero attached hydrogens (tertiary/aromatic N) is 2. The van der Waals surface area contributed by atoms with E-state index in [1.165, 1.54) is 6.20 Å². The topological polar surface area (TPSA) is 88.5 Å². The Bertz CT molecular complexity index is 1280. The highest BCUT2D eigenvalue weighted by molar-refractivity contribution is 7.92. The van der Waals surface area contributed by atoms with Gasteiger partial charge >= 0.3 is 0 Å². The lowest BCUT2D eigenvalue weighted by molar-refractivity contribution is -0.131. The van der Waals surface area contributed by atoms with Crippen molar-refractivity contribution in [2.24, 2.45) is 0 Å². The van der Waals surface area contributed by atoms with Gasteiger partial charge in [-0.1, -0.05) is 35.9 Å². The summed E-state index contributed by atoms with van der Waals surface area (Å²) >= 11 is 0. The van der Waals surface area contributed by atoms with E-state index in [4.69, 9.17) is 0 Å². The molecule has 2 aromatic carbocycles. The van der Waals surface area contributed by atoms with E-state index < -0.39 is 21.5 Å². The minimum atomic E-state index is -3.94. The molecule has 3 rings (SSSR count). The maximum Gasteiger partial charge on any atom is 0.242 e. The van der Waals surface area contributed by atoms with Crippen LogP contribution in [0.5, 0.6) is 0 Å². The zero-order valence-electron chi connectivity index (χ0n) is 19.8. The highest BCUT2D eigenvalue weighted by atomic mass is 32.2. The number of hydrogen-bond acceptors (Lipinski definition) is 4. The van der Waals surface area contributed by atoms with Gasteiger partial charge in [-0.15, -0.1) is 0 Å². The first kappa shape index (κ1) is 24.5. The number of nitrogens with one attached hydrogen (secondary N) is 1. The Labute approximate surface area is 195 Å². The second-order valence-electron chi connectivity index (χ2n) is 8.29. The van der Waals surface area contributed by atoms with Crippen LogP contribution in [0.4, 0.5) is 5.69 Å². The minimum absolute atomic E-state index is 0.0334. The molecule has 0 bridgehead atoms. The van der Waals surface area contributed by atoms with Crippen molar-refractivity contribution in [1.29, 1.82) is 0 Å². The Balaban J connectivity index is 1.90. The summed E-state index contributed by atoms with van der Waals surface area (Å²) in [6.45, 7) is 10.7. The molecule has 0 aliphatic heterocycles. The van der Waals surface area contributed by atoms with Crippen molar-refractivity contribution in [1.82, 2.24) is 9.47 Å². The molecule has 0 atom stereocenters. The van der Waals surface area contributed by atoms with E-state index in [1.54, 1.807) is 33.7 Å². The first-order valence-electron chi connectivity index (χ1n) is 11.0. The molecule has 3 aromatic rings. The van der Waals surface area contributed by atoms with Crippen LogP contribution < -0.4 is 5.32 Å². The summed E-state index contributed by atoms with van der Waals surface area (Å²) in [5, 5.41) is 3.26. The molecule has 0 saturated carbocycles. The SMILES string of the molecule is CCN(CC)C(=O)Cn1cc(S(=O)(=O)CC(=O)Nc2c(C)cc(C)cc2C)c2ccccc21. The molecule has 0 spiro atoms. The Morgan fingerprint density at radius 3 is 2.21 bits per heavy atom. The van der Waals surface area contributed by atoms with Gasteiger partial charge in [-0.3, -0.25) is 9.59 Å². The number of likely N-dealkylation sites (N-methyl/N-ethyl adjacent to an activating group) is 1. The third-order valence-corrected chi connectivity index (χ3v) is 7.41. The number of para-hydroxylation sites is 1. The molecule has 0 unspecified atom stereocenters.